The Bertz CT molecular complexity index is 411. The molecule has 1 radical (unpaired) electrons. The fraction of sp³-hybridized carbons (Fsp3) is 0.250. The lowest BCUT2D eigenvalue weighted by Gasteiger charge is -2.05. The second-order valence-electron chi connectivity index (χ2n) is 3.15. The SMILES string of the molecule is COCCOc1ccc(-c2n[c]cs2)cc1. The van der Waals surface area contributed by atoms with Crippen molar-refractivity contribution in [2.24, 2.45) is 0 Å². The molecular weight excluding hydrogens is 222 g/mol. The van der Waals surface area contributed by atoms with Crippen LogP contribution < -0.4 is 4.74 Å². The molecule has 16 heavy (non-hydrogen) atoms. The fourth-order valence-electron chi connectivity index (χ4n) is 1.26. The highest BCUT2D eigenvalue weighted by molar-refractivity contribution is 7.13. The summed E-state index contributed by atoms with van der Waals surface area (Å²) in [6.45, 7) is 1.17. The van der Waals surface area contributed by atoms with E-state index in [4.69, 9.17) is 9.47 Å². The third-order valence-corrected chi connectivity index (χ3v) is 2.82. The number of hydrogen-bond acceptors (Lipinski definition) is 4. The minimum Gasteiger partial charge on any atom is -0.491 e. The average Bonchev–Trinajstić information content (AvgIpc) is 2.84. The first-order chi connectivity index (χ1) is 7.90. The Morgan fingerprint density at radius 2 is 2.06 bits per heavy atom. The van der Waals surface area contributed by atoms with Gasteiger partial charge in [-0.25, -0.2) is 4.98 Å². The molecule has 0 fully saturated rings. The Morgan fingerprint density at radius 1 is 1.25 bits per heavy atom. The van der Waals surface area contributed by atoms with Crippen LogP contribution in [-0.2, 0) is 4.74 Å². The van der Waals surface area contributed by atoms with Crippen molar-refractivity contribution in [3.05, 3.63) is 35.8 Å². The van der Waals surface area contributed by atoms with E-state index >= 15 is 0 Å². The second-order valence-corrected chi connectivity index (χ2v) is 4.01. The number of ether oxygens (including phenoxy) is 2. The molecule has 83 valence electrons. The predicted octanol–water partition coefficient (Wildman–Crippen LogP) is 2.64. The van der Waals surface area contributed by atoms with Gasteiger partial charge in [0, 0.05) is 18.1 Å². The summed E-state index contributed by atoms with van der Waals surface area (Å²) in [6.07, 6.45) is 2.81. The number of rotatable bonds is 5. The summed E-state index contributed by atoms with van der Waals surface area (Å²) < 4.78 is 10.4. The van der Waals surface area contributed by atoms with Crippen LogP contribution >= 0.6 is 11.3 Å². The smallest absolute Gasteiger partial charge is 0.124 e. The molecule has 0 spiro atoms. The third kappa shape index (κ3) is 2.81. The summed E-state index contributed by atoms with van der Waals surface area (Å²) in [4.78, 5) is 4.12. The Hall–Kier alpha value is -1.39. The molecule has 0 saturated heterocycles. The zero-order chi connectivity index (χ0) is 11.2. The summed E-state index contributed by atoms with van der Waals surface area (Å²) in [7, 11) is 1.66. The molecule has 2 aromatic rings. The van der Waals surface area contributed by atoms with Gasteiger partial charge in [-0.05, 0) is 24.3 Å². The van der Waals surface area contributed by atoms with Crippen molar-refractivity contribution < 1.29 is 9.47 Å². The van der Waals surface area contributed by atoms with Gasteiger partial charge in [-0.2, -0.15) is 0 Å². The predicted molar refractivity (Wildman–Crippen MR) is 63.8 cm³/mol. The lowest BCUT2D eigenvalue weighted by Crippen LogP contribution is -2.03. The minimum absolute atomic E-state index is 0.570. The zero-order valence-electron chi connectivity index (χ0n) is 8.97. The van der Waals surface area contributed by atoms with E-state index in [2.05, 4.69) is 11.2 Å². The van der Waals surface area contributed by atoms with Gasteiger partial charge in [0.1, 0.15) is 23.6 Å². The number of benzene rings is 1. The standard InChI is InChI=1S/C12H12NO2S/c1-14-7-8-15-11-4-2-10(3-5-11)12-13-6-9-16-12/h2-5,9H,7-8H2,1H3. The second kappa shape index (κ2) is 5.63. The highest BCUT2D eigenvalue weighted by atomic mass is 32.1. The van der Waals surface area contributed by atoms with Gasteiger partial charge in [0.25, 0.3) is 0 Å². The molecule has 0 bridgehead atoms. The van der Waals surface area contributed by atoms with Gasteiger partial charge in [0.2, 0.25) is 0 Å². The first-order valence-corrected chi connectivity index (χ1v) is 5.82. The molecule has 0 N–H and O–H groups in total. The number of hydrogen-bond donors (Lipinski definition) is 0. The van der Waals surface area contributed by atoms with Crippen LogP contribution in [0.3, 0.4) is 0 Å². The van der Waals surface area contributed by atoms with Gasteiger partial charge in [0.15, 0.2) is 0 Å². The summed E-state index contributed by atoms with van der Waals surface area (Å²) in [5.41, 5.74) is 1.09. The van der Waals surface area contributed by atoms with E-state index in [-0.39, 0.29) is 0 Å². The summed E-state index contributed by atoms with van der Waals surface area (Å²) in [6, 6.07) is 7.86. The van der Waals surface area contributed by atoms with Crippen molar-refractivity contribution >= 4 is 11.3 Å². The van der Waals surface area contributed by atoms with Crippen LogP contribution in [-0.4, -0.2) is 25.3 Å². The van der Waals surface area contributed by atoms with Crippen molar-refractivity contribution in [1.82, 2.24) is 4.98 Å². The normalized spacial score (nSPS) is 10.3. The highest BCUT2D eigenvalue weighted by Gasteiger charge is 2.00. The van der Waals surface area contributed by atoms with E-state index in [0.717, 1.165) is 16.3 Å². The lowest BCUT2D eigenvalue weighted by molar-refractivity contribution is 0.146. The van der Waals surface area contributed by atoms with Gasteiger partial charge in [-0.1, -0.05) is 0 Å². The Morgan fingerprint density at radius 3 is 2.69 bits per heavy atom. The first kappa shape index (κ1) is 11.1. The molecule has 1 aromatic heterocycles. The van der Waals surface area contributed by atoms with Gasteiger partial charge in [-0.3, -0.25) is 0 Å². The topological polar surface area (TPSA) is 31.4 Å². The molecule has 4 heteroatoms. The van der Waals surface area contributed by atoms with Crippen molar-refractivity contribution in [1.29, 1.82) is 0 Å². The van der Waals surface area contributed by atoms with Crippen LogP contribution in [0.5, 0.6) is 5.75 Å². The van der Waals surface area contributed by atoms with Gasteiger partial charge < -0.3 is 9.47 Å². The van der Waals surface area contributed by atoms with Crippen LogP contribution in [0, 0.1) is 6.20 Å². The van der Waals surface area contributed by atoms with E-state index in [1.54, 1.807) is 18.4 Å². The van der Waals surface area contributed by atoms with Crippen LogP contribution in [0.1, 0.15) is 0 Å². The monoisotopic (exact) mass is 234 g/mol. The zero-order valence-corrected chi connectivity index (χ0v) is 9.79. The molecule has 1 heterocycles. The summed E-state index contributed by atoms with van der Waals surface area (Å²) in [5, 5.41) is 2.82. The summed E-state index contributed by atoms with van der Waals surface area (Å²) in [5.74, 6) is 0.848. The van der Waals surface area contributed by atoms with Gasteiger partial charge >= 0.3 is 0 Å². The number of aromatic nitrogens is 1. The molecule has 0 aliphatic heterocycles. The maximum atomic E-state index is 5.47. The number of nitrogens with zero attached hydrogens (tertiary/aromatic N) is 1. The maximum absolute atomic E-state index is 5.47. The first-order valence-electron chi connectivity index (χ1n) is 4.94. The van der Waals surface area contributed by atoms with Crippen LogP contribution in [0.4, 0.5) is 0 Å². The molecule has 0 amide bonds. The largest absolute Gasteiger partial charge is 0.491 e. The van der Waals surface area contributed by atoms with Gasteiger partial charge in [0.05, 0.1) is 6.61 Å². The Balaban J connectivity index is 2.00. The van der Waals surface area contributed by atoms with Crippen molar-refractivity contribution in [2.75, 3.05) is 20.3 Å². The van der Waals surface area contributed by atoms with E-state index in [1.807, 2.05) is 29.6 Å². The molecule has 3 nitrogen and oxygen atoms in total. The molecule has 1 aromatic carbocycles. The molecule has 0 saturated carbocycles. The van der Waals surface area contributed by atoms with Crippen molar-refractivity contribution in [3.63, 3.8) is 0 Å². The lowest BCUT2D eigenvalue weighted by atomic mass is 10.2. The third-order valence-electron chi connectivity index (χ3n) is 2.05. The average molecular weight is 234 g/mol. The van der Waals surface area contributed by atoms with Crippen molar-refractivity contribution in [2.45, 2.75) is 0 Å². The number of thiazole rings is 1. The molecule has 0 aliphatic rings. The van der Waals surface area contributed by atoms with Crippen molar-refractivity contribution in [3.8, 4) is 16.3 Å². The maximum Gasteiger partial charge on any atom is 0.124 e. The number of methoxy groups -OCH3 is 1. The molecule has 0 aliphatic carbocycles. The Labute approximate surface area is 98.7 Å². The highest BCUT2D eigenvalue weighted by Crippen LogP contribution is 2.23. The van der Waals surface area contributed by atoms with Crippen LogP contribution in [0.25, 0.3) is 10.6 Å². The van der Waals surface area contributed by atoms with Gasteiger partial charge in [-0.15, -0.1) is 11.3 Å². The van der Waals surface area contributed by atoms with E-state index in [1.165, 1.54) is 0 Å². The fourth-order valence-corrected chi connectivity index (χ4v) is 1.86. The van der Waals surface area contributed by atoms with Crippen LogP contribution in [0.15, 0.2) is 29.6 Å². The molecule has 0 unspecified atom stereocenters. The summed E-state index contributed by atoms with van der Waals surface area (Å²) >= 11 is 1.58. The van der Waals surface area contributed by atoms with Crippen LogP contribution in [0.2, 0.25) is 0 Å². The molecule has 2 rings (SSSR count). The van der Waals surface area contributed by atoms with E-state index in [9.17, 15) is 0 Å². The van der Waals surface area contributed by atoms with E-state index in [0.29, 0.717) is 13.2 Å². The minimum atomic E-state index is 0.570. The molecular formula is C12H12NO2S. The Kier molecular flexibility index (Phi) is 3.91. The molecule has 0 atom stereocenters. The van der Waals surface area contributed by atoms with E-state index < -0.39 is 0 Å². The quantitative estimate of drug-likeness (QED) is 0.745.